The second kappa shape index (κ2) is 2.23. The Labute approximate surface area is 40.3 Å². The highest BCUT2D eigenvalue weighted by atomic mass is 16.2. The van der Waals surface area contributed by atoms with E-state index in [2.05, 4.69) is 0 Å². The summed E-state index contributed by atoms with van der Waals surface area (Å²) < 4.78 is 0. The molecule has 7 heavy (non-hydrogen) atoms. The molecule has 0 aromatic carbocycles. The van der Waals surface area contributed by atoms with E-state index in [-0.39, 0.29) is 0 Å². The van der Waals surface area contributed by atoms with E-state index in [0.717, 1.165) is 13.2 Å². The van der Waals surface area contributed by atoms with Crippen LogP contribution in [-0.4, -0.2) is 17.9 Å². The molecule has 0 saturated carbocycles. The van der Waals surface area contributed by atoms with Crippen LogP contribution in [0.2, 0.25) is 0 Å². The minimum atomic E-state index is -1.10. The summed E-state index contributed by atoms with van der Waals surface area (Å²) in [5, 5.41) is 0. The summed E-state index contributed by atoms with van der Waals surface area (Å²) in [7, 11) is 0. The lowest BCUT2D eigenvalue weighted by Crippen LogP contribution is -2.09. The third-order valence-electron chi connectivity index (χ3n) is 0.412. The quantitative estimate of drug-likeness (QED) is 0.338. The Morgan fingerprint density at radius 3 is 1.86 bits per heavy atom. The van der Waals surface area contributed by atoms with Crippen LogP contribution in [0.1, 0.15) is 6.92 Å². The molecule has 0 aromatic heterocycles. The molecule has 3 heteroatoms. The average molecular weight is 99.1 g/mol. The topological polar surface area (TPSA) is 51.2 Å². The van der Waals surface area contributed by atoms with Gasteiger partial charge in [-0.05, 0) is 0 Å². The zero-order valence-electron chi connectivity index (χ0n) is 3.72. The van der Waals surface area contributed by atoms with Gasteiger partial charge >= 0.3 is 0 Å². The second-order valence-electron chi connectivity index (χ2n) is 0.987. The van der Waals surface area contributed by atoms with Crippen LogP contribution in [0.3, 0.4) is 0 Å². The van der Waals surface area contributed by atoms with E-state index < -0.39 is 11.6 Å². The highest BCUT2D eigenvalue weighted by molar-refractivity contribution is 6.57. The average Bonchev–Trinajstić information content (AvgIpc) is 1.65. The Balaban J connectivity index is 3.81. The van der Waals surface area contributed by atoms with Gasteiger partial charge in [0.1, 0.15) is 0 Å². The van der Waals surface area contributed by atoms with Gasteiger partial charge in [-0.2, -0.15) is 0 Å². The van der Waals surface area contributed by atoms with E-state index in [4.69, 9.17) is 0 Å². The molecule has 0 aromatic rings. The van der Waals surface area contributed by atoms with Crippen molar-refractivity contribution in [3.8, 4) is 0 Å². The molecule has 0 amide bonds. The van der Waals surface area contributed by atoms with Crippen LogP contribution in [0.15, 0.2) is 0 Å². The summed E-state index contributed by atoms with van der Waals surface area (Å²) in [6.45, 7) is 1.02. The first-order valence-electron chi connectivity index (χ1n) is 1.61. The molecule has 0 bridgehead atoms. The van der Waals surface area contributed by atoms with Gasteiger partial charge in [0.2, 0.25) is 5.78 Å². The molecule has 0 fully saturated rings. The van der Waals surface area contributed by atoms with E-state index in [0.29, 0.717) is 0 Å². The van der Waals surface area contributed by atoms with Crippen LogP contribution >= 0.6 is 0 Å². The van der Waals surface area contributed by atoms with Gasteiger partial charge < -0.3 is 0 Å². The standard InChI is InChI=1S/C4H3O3/c1-3(6)4(7)2-5/h1H3. The number of Topliss-reactive ketones (excluding diaryl/α,β-unsaturated/α-hetero) is 2. The number of ketones is 2. The molecule has 0 N–H and O–H groups in total. The zero-order chi connectivity index (χ0) is 5.86. The third-order valence-corrected chi connectivity index (χ3v) is 0.412. The number of carbonyl (C=O) groups is 2. The van der Waals surface area contributed by atoms with Crippen LogP contribution in [0.4, 0.5) is 0 Å². The summed E-state index contributed by atoms with van der Waals surface area (Å²) in [6.07, 6.45) is 0.926. The van der Waals surface area contributed by atoms with Gasteiger partial charge in [0.05, 0.1) is 0 Å². The predicted molar refractivity (Wildman–Crippen MR) is 21.4 cm³/mol. The van der Waals surface area contributed by atoms with Crippen molar-refractivity contribution in [1.82, 2.24) is 0 Å². The molecule has 3 nitrogen and oxygen atoms in total. The SMILES string of the molecule is CC(=O)C(=O)[C]=O. The van der Waals surface area contributed by atoms with Crippen molar-refractivity contribution >= 4 is 17.9 Å². The molecule has 0 aliphatic heterocycles. The molecule has 0 unspecified atom stereocenters. The number of carbonyl (C=O) groups excluding carboxylic acids is 3. The fraction of sp³-hybridized carbons (Fsp3) is 0.250. The number of hydrogen-bond donors (Lipinski definition) is 0. The van der Waals surface area contributed by atoms with Crippen molar-refractivity contribution in [2.75, 3.05) is 0 Å². The summed E-state index contributed by atoms with van der Waals surface area (Å²) in [5.41, 5.74) is 0. The molecule has 0 aliphatic carbocycles. The van der Waals surface area contributed by atoms with Crippen molar-refractivity contribution in [1.29, 1.82) is 0 Å². The maximum Gasteiger partial charge on any atom is 0.280 e. The Morgan fingerprint density at radius 2 is 1.86 bits per heavy atom. The van der Waals surface area contributed by atoms with E-state index >= 15 is 0 Å². The molecule has 0 rings (SSSR count). The monoisotopic (exact) mass is 99.0 g/mol. The lowest BCUT2D eigenvalue weighted by atomic mass is 10.3. The lowest BCUT2D eigenvalue weighted by molar-refractivity contribution is -0.131. The van der Waals surface area contributed by atoms with E-state index in [1.54, 1.807) is 0 Å². The van der Waals surface area contributed by atoms with Gasteiger partial charge in [-0.3, -0.25) is 14.4 Å². The van der Waals surface area contributed by atoms with Gasteiger partial charge in [0.25, 0.3) is 12.1 Å². The molecule has 0 atom stereocenters. The Hall–Kier alpha value is -0.990. The summed E-state index contributed by atoms with van der Waals surface area (Å²) in [6, 6.07) is 0. The Kier molecular flexibility index (Phi) is 1.91. The Bertz CT molecular complexity index is 114. The Morgan fingerprint density at radius 1 is 1.43 bits per heavy atom. The van der Waals surface area contributed by atoms with Crippen molar-refractivity contribution in [3.63, 3.8) is 0 Å². The van der Waals surface area contributed by atoms with Crippen LogP contribution in [0.25, 0.3) is 0 Å². The summed E-state index contributed by atoms with van der Waals surface area (Å²) >= 11 is 0. The minimum Gasteiger partial charge on any atom is -0.291 e. The van der Waals surface area contributed by atoms with Crippen LogP contribution in [0.5, 0.6) is 0 Å². The van der Waals surface area contributed by atoms with Crippen LogP contribution in [-0.2, 0) is 14.4 Å². The van der Waals surface area contributed by atoms with E-state index in [1.807, 2.05) is 0 Å². The number of hydrogen-bond acceptors (Lipinski definition) is 3. The molecule has 1 radical (unpaired) electrons. The summed E-state index contributed by atoms with van der Waals surface area (Å²) in [4.78, 5) is 28.8. The van der Waals surface area contributed by atoms with Crippen molar-refractivity contribution in [3.05, 3.63) is 0 Å². The largest absolute Gasteiger partial charge is 0.291 e. The van der Waals surface area contributed by atoms with E-state index in [9.17, 15) is 14.4 Å². The molecule has 0 saturated heterocycles. The molecule has 0 spiro atoms. The summed E-state index contributed by atoms with van der Waals surface area (Å²) in [5.74, 6) is -1.87. The fourth-order valence-electron chi connectivity index (χ4n) is 0.0719. The second-order valence-corrected chi connectivity index (χ2v) is 0.987. The predicted octanol–water partition coefficient (Wildman–Crippen LogP) is -0.746. The maximum absolute atomic E-state index is 9.76. The maximum atomic E-state index is 9.76. The normalized spacial score (nSPS) is 7.57. The lowest BCUT2D eigenvalue weighted by Gasteiger charge is -1.71. The molecule has 0 aliphatic rings. The minimum absolute atomic E-state index is 0.769. The van der Waals surface area contributed by atoms with Crippen LogP contribution < -0.4 is 0 Å². The van der Waals surface area contributed by atoms with Gasteiger partial charge in [-0.15, -0.1) is 0 Å². The first kappa shape index (κ1) is 6.01. The molecular formula is C4H3O3. The van der Waals surface area contributed by atoms with Gasteiger partial charge in [0, 0.05) is 6.92 Å². The molecular weight excluding hydrogens is 96.0 g/mol. The van der Waals surface area contributed by atoms with Crippen molar-refractivity contribution in [2.24, 2.45) is 0 Å². The van der Waals surface area contributed by atoms with Crippen LogP contribution in [0, 0.1) is 0 Å². The first-order chi connectivity index (χ1) is 3.18. The number of rotatable bonds is 2. The molecule has 37 valence electrons. The van der Waals surface area contributed by atoms with Crippen molar-refractivity contribution < 1.29 is 14.4 Å². The smallest absolute Gasteiger partial charge is 0.280 e. The van der Waals surface area contributed by atoms with Crippen molar-refractivity contribution in [2.45, 2.75) is 6.92 Å². The molecule has 0 heterocycles. The first-order valence-corrected chi connectivity index (χ1v) is 1.61. The highest BCUT2D eigenvalue weighted by Gasteiger charge is 2.03. The fourth-order valence-corrected chi connectivity index (χ4v) is 0.0719. The van der Waals surface area contributed by atoms with Gasteiger partial charge in [-0.1, -0.05) is 0 Å². The highest BCUT2D eigenvalue weighted by Crippen LogP contribution is 1.64. The van der Waals surface area contributed by atoms with E-state index in [1.165, 1.54) is 0 Å². The van der Waals surface area contributed by atoms with Gasteiger partial charge in [0.15, 0.2) is 0 Å². The van der Waals surface area contributed by atoms with Gasteiger partial charge in [-0.25, -0.2) is 0 Å². The zero-order valence-corrected chi connectivity index (χ0v) is 3.72. The third kappa shape index (κ3) is 1.81.